The first-order chi connectivity index (χ1) is 10.1. The Kier molecular flexibility index (Phi) is 4.76. The van der Waals surface area contributed by atoms with Gasteiger partial charge in [0.1, 0.15) is 5.69 Å². The smallest absolute Gasteiger partial charge is 0.289 e. The van der Waals surface area contributed by atoms with Gasteiger partial charge in [-0.2, -0.15) is 5.10 Å². The first kappa shape index (κ1) is 14.4. The van der Waals surface area contributed by atoms with E-state index in [4.69, 9.17) is 0 Å². The van der Waals surface area contributed by atoms with E-state index in [1.807, 2.05) is 0 Å². The van der Waals surface area contributed by atoms with Gasteiger partial charge in [0, 0.05) is 18.8 Å². The summed E-state index contributed by atoms with van der Waals surface area (Å²) in [5.74, 6) is -0.499. The zero-order chi connectivity index (χ0) is 15.1. The second-order valence-corrected chi connectivity index (χ2v) is 4.22. The molecule has 2 rings (SSSR count). The van der Waals surface area contributed by atoms with Gasteiger partial charge in [-0.15, -0.1) is 0 Å². The third kappa shape index (κ3) is 4.54. The Hall–Kier alpha value is -3.02. The highest BCUT2D eigenvalue weighted by Crippen LogP contribution is 2.07. The zero-order valence-corrected chi connectivity index (χ0v) is 11.4. The van der Waals surface area contributed by atoms with Crippen LogP contribution in [0.25, 0.3) is 0 Å². The molecular formula is C15H14N4O2. The fraction of sp³-hybridized carbons (Fsp3) is 0.0667. The lowest BCUT2D eigenvalue weighted by Gasteiger charge is -2.01. The van der Waals surface area contributed by atoms with Crippen LogP contribution in [0.1, 0.15) is 23.0 Å². The van der Waals surface area contributed by atoms with Crippen molar-refractivity contribution in [1.29, 1.82) is 0 Å². The van der Waals surface area contributed by atoms with Crippen LogP contribution in [-0.2, 0) is 4.79 Å². The molecule has 2 amide bonds. The first-order valence-electron chi connectivity index (χ1n) is 6.27. The van der Waals surface area contributed by atoms with Crippen LogP contribution in [0.2, 0.25) is 0 Å². The summed E-state index contributed by atoms with van der Waals surface area (Å²) in [7, 11) is 0. The molecule has 0 aliphatic carbocycles. The predicted molar refractivity (Wildman–Crippen MR) is 80.0 cm³/mol. The molecule has 0 unspecified atom stereocenters. The summed E-state index contributed by atoms with van der Waals surface area (Å²) in [4.78, 5) is 26.5. The van der Waals surface area contributed by atoms with Gasteiger partial charge in [-0.25, -0.2) is 5.43 Å². The molecule has 1 aromatic heterocycles. The number of hydrogen-bond acceptors (Lipinski definition) is 4. The van der Waals surface area contributed by atoms with Crippen LogP contribution in [0.4, 0.5) is 5.69 Å². The van der Waals surface area contributed by atoms with E-state index in [2.05, 4.69) is 20.8 Å². The number of rotatable bonds is 4. The number of benzene rings is 1. The highest BCUT2D eigenvalue weighted by molar-refractivity contribution is 5.93. The summed E-state index contributed by atoms with van der Waals surface area (Å²) < 4.78 is 0. The van der Waals surface area contributed by atoms with Crippen LogP contribution in [0, 0.1) is 0 Å². The third-order valence-electron chi connectivity index (χ3n) is 2.51. The summed E-state index contributed by atoms with van der Waals surface area (Å²) in [5.41, 5.74) is 4.20. The normalized spacial score (nSPS) is 10.3. The summed E-state index contributed by atoms with van der Waals surface area (Å²) in [6.45, 7) is 1.45. The van der Waals surface area contributed by atoms with Gasteiger partial charge in [0.25, 0.3) is 5.91 Å². The van der Waals surface area contributed by atoms with E-state index in [9.17, 15) is 9.59 Å². The molecule has 2 aromatic rings. The van der Waals surface area contributed by atoms with Crippen LogP contribution in [0.5, 0.6) is 0 Å². The van der Waals surface area contributed by atoms with Gasteiger partial charge >= 0.3 is 0 Å². The first-order valence-corrected chi connectivity index (χ1v) is 6.27. The Morgan fingerprint density at radius 3 is 2.52 bits per heavy atom. The van der Waals surface area contributed by atoms with Gasteiger partial charge in [0.2, 0.25) is 5.91 Å². The number of nitrogens with zero attached hydrogens (tertiary/aromatic N) is 2. The third-order valence-corrected chi connectivity index (χ3v) is 2.51. The highest BCUT2D eigenvalue weighted by atomic mass is 16.2. The maximum absolute atomic E-state index is 11.7. The van der Waals surface area contributed by atoms with Crippen LogP contribution < -0.4 is 10.7 Å². The molecule has 0 atom stereocenters. The monoisotopic (exact) mass is 282 g/mol. The molecule has 6 nitrogen and oxygen atoms in total. The Labute approximate surface area is 121 Å². The van der Waals surface area contributed by atoms with Crippen LogP contribution >= 0.6 is 0 Å². The van der Waals surface area contributed by atoms with E-state index in [1.54, 1.807) is 48.7 Å². The highest BCUT2D eigenvalue weighted by Gasteiger charge is 2.03. The molecule has 0 fully saturated rings. The van der Waals surface area contributed by atoms with Crippen molar-refractivity contribution in [2.75, 3.05) is 5.32 Å². The molecule has 0 spiro atoms. The van der Waals surface area contributed by atoms with E-state index in [0.29, 0.717) is 11.4 Å². The standard InChI is InChI=1S/C15H14N4O2/c1-11(20)18-13-7-5-12(6-8-13)10-17-19-15(21)14-4-2-3-9-16-14/h2-10H,1H3,(H,18,20)(H,19,21)/b17-10+. The number of hydrazone groups is 1. The molecular weight excluding hydrogens is 268 g/mol. The predicted octanol–water partition coefficient (Wildman–Crippen LogP) is 1.80. The minimum Gasteiger partial charge on any atom is -0.326 e. The van der Waals surface area contributed by atoms with Crippen LogP contribution in [-0.4, -0.2) is 23.0 Å². The van der Waals surface area contributed by atoms with Crippen molar-refractivity contribution in [3.8, 4) is 0 Å². The molecule has 1 heterocycles. The molecule has 0 saturated heterocycles. The van der Waals surface area contributed by atoms with E-state index in [0.717, 1.165) is 5.56 Å². The Morgan fingerprint density at radius 2 is 1.90 bits per heavy atom. The molecule has 0 radical (unpaired) electrons. The van der Waals surface area contributed by atoms with E-state index in [1.165, 1.54) is 13.1 Å². The van der Waals surface area contributed by atoms with Crippen molar-refractivity contribution in [3.63, 3.8) is 0 Å². The summed E-state index contributed by atoms with van der Waals surface area (Å²) >= 11 is 0. The van der Waals surface area contributed by atoms with Crippen molar-refractivity contribution < 1.29 is 9.59 Å². The number of carbonyl (C=O) groups is 2. The minimum atomic E-state index is -0.373. The van der Waals surface area contributed by atoms with Gasteiger partial charge in [-0.3, -0.25) is 14.6 Å². The molecule has 1 aromatic carbocycles. The number of carbonyl (C=O) groups excluding carboxylic acids is 2. The summed E-state index contributed by atoms with van der Waals surface area (Å²) in [5, 5.41) is 6.52. The van der Waals surface area contributed by atoms with Gasteiger partial charge in [-0.1, -0.05) is 18.2 Å². The van der Waals surface area contributed by atoms with Crippen molar-refractivity contribution in [2.45, 2.75) is 6.92 Å². The lowest BCUT2D eigenvalue weighted by atomic mass is 10.2. The zero-order valence-electron chi connectivity index (χ0n) is 11.4. The number of hydrogen-bond donors (Lipinski definition) is 2. The average Bonchev–Trinajstić information content (AvgIpc) is 2.49. The lowest BCUT2D eigenvalue weighted by Crippen LogP contribution is -2.18. The van der Waals surface area contributed by atoms with E-state index >= 15 is 0 Å². The Morgan fingerprint density at radius 1 is 1.14 bits per heavy atom. The van der Waals surface area contributed by atoms with Crippen molar-refractivity contribution in [3.05, 3.63) is 59.9 Å². The maximum atomic E-state index is 11.7. The van der Waals surface area contributed by atoms with Gasteiger partial charge in [0.05, 0.1) is 6.21 Å². The fourth-order valence-corrected chi connectivity index (χ4v) is 1.58. The maximum Gasteiger partial charge on any atom is 0.289 e. The number of amides is 2. The summed E-state index contributed by atoms with van der Waals surface area (Å²) in [6, 6.07) is 12.1. The molecule has 21 heavy (non-hydrogen) atoms. The topological polar surface area (TPSA) is 83.5 Å². The molecule has 0 aliphatic heterocycles. The average molecular weight is 282 g/mol. The molecule has 0 aliphatic rings. The largest absolute Gasteiger partial charge is 0.326 e. The number of nitrogens with one attached hydrogen (secondary N) is 2. The number of anilines is 1. The second-order valence-electron chi connectivity index (χ2n) is 4.22. The number of aromatic nitrogens is 1. The van der Waals surface area contributed by atoms with Crippen molar-refractivity contribution >= 4 is 23.7 Å². The number of pyridine rings is 1. The lowest BCUT2D eigenvalue weighted by molar-refractivity contribution is -0.114. The summed E-state index contributed by atoms with van der Waals surface area (Å²) in [6.07, 6.45) is 3.05. The van der Waals surface area contributed by atoms with Gasteiger partial charge in [-0.05, 0) is 29.8 Å². The minimum absolute atomic E-state index is 0.126. The molecule has 6 heteroatoms. The van der Waals surface area contributed by atoms with Gasteiger partial charge in [0.15, 0.2) is 0 Å². The SMILES string of the molecule is CC(=O)Nc1ccc(/C=N/NC(=O)c2ccccn2)cc1. The van der Waals surface area contributed by atoms with Gasteiger partial charge < -0.3 is 5.32 Å². The van der Waals surface area contributed by atoms with E-state index < -0.39 is 0 Å². The second kappa shape index (κ2) is 6.95. The van der Waals surface area contributed by atoms with Crippen molar-refractivity contribution in [2.24, 2.45) is 5.10 Å². The van der Waals surface area contributed by atoms with Crippen LogP contribution in [0.3, 0.4) is 0 Å². The molecule has 0 bridgehead atoms. The Bertz CT molecular complexity index is 651. The van der Waals surface area contributed by atoms with E-state index in [-0.39, 0.29) is 11.8 Å². The van der Waals surface area contributed by atoms with Crippen LogP contribution in [0.15, 0.2) is 53.8 Å². The molecule has 2 N–H and O–H groups in total. The Balaban J connectivity index is 1.92. The fourth-order valence-electron chi connectivity index (χ4n) is 1.58. The molecule has 106 valence electrons. The van der Waals surface area contributed by atoms with Crippen molar-refractivity contribution in [1.82, 2.24) is 10.4 Å². The molecule has 0 saturated carbocycles. The quantitative estimate of drug-likeness (QED) is 0.662.